The Morgan fingerprint density at radius 3 is 2.65 bits per heavy atom. The highest BCUT2D eigenvalue weighted by Gasteiger charge is 2.11. The number of rotatable bonds is 5. The van der Waals surface area contributed by atoms with Crippen molar-refractivity contribution >= 4 is 41.4 Å². The highest BCUT2D eigenvalue weighted by molar-refractivity contribution is 6.42. The van der Waals surface area contributed by atoms with Gasteiger partial charge in [0.1, 0.15) is 5.69 Å². The van der Waals surface area contributed by atoms with Crippen molar-refractivity contribution in [1.82, 2.24) is 15.6 Å². The topological polar surface area (TPSA) is 70.1 Å². The predicted molar refractivity (Wildman–Crippen MR) is 105 cm³/mol. The van der Waals surface area contributed by atoms with Gasteiger partial charge in [-0.25, -0.2) is 5.43 Å². The Kier molecular flexibility index (Phi) is 5.84. The van der Waals surface area contributed by atoms with Gasteiger partial charge < -0.3 is 0 Å². The van der Waals surface area contributed by atoms with Gasteiger partial charge in [0.25, 0.3) is 5.91 Å². The fraction of sp³-hybridized carbons (Fsp3) is 0. The molecule has 0 saturated heterocycles. The Bertz CT molecular complexity index is 965. The lowest BCUT2D eigenvalue weighted by Gasteiger charge is -1.98. The number of nitrogens with zero attached hydrogens (tertiary/aromatic N) is 2. The van der Waals surface area contributed by atoms with Gasteiger partial charge in [0.15, 0.2) is 0 Å². The summed E-state index contributed by atoms with van der Waals surface area (Å²) in [5.41, 5.74) is 5.10. The standard InChI is InChI=1S/C19H14Cl2N4O/c20-15-9-8-14(11-16(15)21)17-12-18(24-23-17)19(26)25-22-10-4-7-13-5-2-1-3-6-13/h1-12H,(H,23,24)(H,25,26)/b7-4+,22-10+. The average molecular weight is 385 g/mol. The minimum atomic E-state index is -0.395. The maximum Gasteiger partial charge on any atom is 0.289 e. The number of halogens is 2. The average Bonchev–Trinajstić information content (AvgIpc) is 3.15. The minimum Gasteiger partial charge on any atom is -0.272 e. The van der Waals surface area contributed by atoms with Crippen LogP contribution in [0.1, 0.15) is 16.1 Å². The lowest BCUT2D eigenvalue weighted by atomic mass is 10.1. The quantitative estimate of drug-likeness (QED) is 0.489. The van der Waals surface area contributed by atoms with E-state index in [1.165, 1.54) is 6.21 Å². The third kappa shape index (κ3) is 4.59. The molecule has 0 saturated carbocycles. The zero-order chi connectivity index (χ0) is 18.4. The van der Waals surface area contributed by atoms with Gasteiger partial charge in [-0.3, -0.25) is 9.89 Å². The SMILES string of the molecule is O=C(N/N=C/C=C/c1ccccc1)c1cc(-c2ccc(Cl)c(Cl)c2)n[nH]1. The van der Waals surface area contributed by atoms with Gasteiger partial charge in [0.05, 0.1) is 15.7 Å². The molecule has 5 nitrogen and oxygen atoms in total. The largest absolute Gasteiger partial charge is 0.289 e. The Hall–Kier alpha value is -2.89. The number of carbonyl (C=O) groups is 1. The molecule has 1 amide bonds. The fourth-order valence-corrected chi connectivity index (χ4v) is 2.46. The van der Waals surface area contributed by atoms with E-state index in [0.29, 0.717) is 15.7 Å². The highest BCUT2D eigenvalue weighted by Crippen LogP contribution is 2.27. The normalized spacial score (nSPS) is 11.3. The molecular formula is C19H14Cl2N4O. The molecular weight excluding hydrogens is 371 g/mol. The van der Waals surface area contributed by atoms with E-state index >= 15 is 0 Å². The second kappa shape index (κ2) is 8.47. The van der Waals surface area contributed by atoms with E-state index < -0.39 is 5.91 Å². The molecule has 2 aromatic carbocycles. The molecule has 3 aromatic rings. The van der Waals surface area contributed by atoms with Crippen molar-refractivity contribution in [2.45, 2.75) is 0 Å². The van der Waals surface area contributed by atoms with Crippen molar-refractivity contribution in [3.8, 4) is 11.3 Å². The van der Waals surface area contributed by atoms with Crippen LogP contribution in [0.2, 0.25) is 10.0 Å². The molecule has 1 heterocycles. The molecule has 130 valence electrons. The summed E-state index contributed by atoms with van der Waals surface area (Å²) in [6.07, 6.45) is 5.12. The third-order valence-corrected chi connectivity index (χ3v) is 4.19. The first-order valence-corrected chi connectivity index (χ1v) is 8.45. The van der Waals surface area contributed by atoms with E-state index in [1.807, 2.05) is 36.4 Å². The molecule has 0 bridgehead atoms. The van der Waals surface area contributed by atoms with Crippen LogP contribution in [-0.2, 0) is 0 Å². The number of H-pyrrole nitrogens is 1. The number of nitrogens with one attached hydrogen (secondary N) is 2. The van der Waals surface area contributed by atoms with E-state index in [9.17, 15) is 4.79 Å². The second-order valence-corrected chi connectivity index (χ2v) is 6.10. The van der Waals surface area contributed by atoms with Crippen molar-refractivity contribution in [3.05, 3.63) is 82.0 Å². The first-order valence-electron chi connectivity index (χ1n) is 7.69. The summed E-state index contributed by atoms with van der Waals surface area (Å²) in [5, 5.41) is 11.5. The summed E-state index contributed by atoms with van der Waals surface area (Å²) >= 11 is 11.9. The summed E-state index contributed by atoms with van der Waals surface area (Å²) in [6.45, 7) is 0. The number of aromatic nitrogens is 2. The Labute approximate surface area is 160 Å². The van der Waals surface area contributed by atoms with E-state index in [1.54, 1.807) is 30.3 Å². The molecule has 2 N–H and O–H groups in total. The van der Waals surface area contributed by atoms with Crippen LogP contribution in [0.25, 0.3) is 17.3 Å². The molecule has 3 rings (SSSR count). The van der Waals surface area contributed by atoms with Gasteiger partial charge in [-0.15, -0.1) is 0 Å². The van der Waals surface area contributed by atoms with E-state index in [4.69, 9.17) is 23.2 Å². The van der Waals surface area contributed by atoms with Gasteiger partial charge in [-0.1, -0.05) is 65.7 Å². The lowest BCUT2D eigenvalue weighted by molar-refractivity contribution is 0.0950. The van der Waals surface area contributed by atoms with Gasteiger partial charge >= 0.3 is 0 Å². The van der Waals surface area contributed by atoms with Crippen molar-refractivity contribution in [2.75, 3.05) is 0 Å². The van der Waals surface area contributed by atoms with Crippen LogP contribution >= 0.6 is 23.2 Å². The summed E-state index contributed by atoms with van der Waals surface area (Å²) in [6, 6.07) is 16.5. The Balaban J connectivity index is 1.60. The van der Waals surface area contributed by atoms with Gasteiger partial charge in [-0.05, 0) is 29.8 Å². The van der Waals surface area contributed by atoms with Gasteiger partial charge in [0, 0.05) is 11.8 Å². The van der Waals surface area contributed by atoms with Crippen LogP contribution in [0.5, 0.6) is 0 Å². The number of allylic oxidation sites excluding steroid dienone is 1. The number of hydrazone groups is 1. The van der Waals surface area contributed by atoms with Crippen LogP contribution in [0, 0.1) is 0 Å². The summed E-state index contributed by atoms with van der Waals surface area (Å²) in [7, 11) is 0. The van der Waals surface area contributed by atoms with Gasteiger partial charge in [0.2, 0.25) is 0 Å². The maximum absolute atomic E-state index is 12.1. The third-order valence-electron chi connectivity index (χ3n) is 3.45. The zero-order valence-corrected chi connectivity index (χ0v) is 15.0. The molecule has 0 spiro atoms. The van der Waals surface area contributed by atoms with E-state index in [0.717, 1.165) is 11.1 Å². The number of hydrogen-bond donors (Lipinski definition) is 2. The number of hydrogen-bond acceptors (Lipinski definition) is 3. The minimum absolute atomic E-state index is 0.287. The van der Waals surface area contributed by atoms with Crippen molar-refractivity contribution in [3.63, 3.8) is 0 Å². The summed E-state index contributed by atoms with van der Waals surface area (Å²) < 4.78 is 0. The lowest BCUT2D eigenvalue weighted by Crippen LogP contribution is -2.17. The number of carbonyl (C=O) groups excluding carboxylic acids is 1. The zero-order valence-electron chi connectivity index (χ0n) is 13.5. The molecule has 0 radical (unpaired) electrons. The van der Waals surface area contributed by atoms with Crippen LogP contribution < -0.4 is 5.43 Å². The number of amides is 1. The van der Waals surface area contributed by atoms with Crippen LogP contribution in [0.4, 0.5) is 0 Å². The van der Waals surface area contributed by atoms with Crippen molar-refractivity contribution in [1.29, 1.82) is 0 Å². The molecule has 0 aliphatic rings. The number of aromatic amines is 1. The molecule has 26 heavy (non-hydrogen) atoms. The molecule has 0 unspecified atom stereocenters. The molecule has 7 heteroatoms. The first-order chi connectivity index (χ1) is 12.6. The molecule has 0 fully saturated rings. The van der Waals surface area contributed by atoms with E-state index in [2.05, 4.69) is 20.7 Å². The smallest absolute Gasteiger partial charge is 0.272 e. The molecule has 0 aliphatic carbocycles. The van der Waals surface area contributed by atoms with Crippen LogP contribution in [0.15, 0.2) is 65.8 Å². The van der Waals surface area contributed by atoms with Gasteiger partial charge in [-0.2, -0.15) is 10.2 Å². The number of benzene rings is 2. The van der Waals surface area contributed by atoms with Crippen LogP contribution in [-0.4, -0.2) is 22.3 Å². The molecule has 0 aliphatic heterocycles. The molecule has 1 aromatic heterocycles. The summed E-state index contributed by atoms with van der Waals surface area (Å²) in [5.74, 6) is -0.395. The molecule has 0 atom stereocenters. The monoisotopic (exact) mass is 384 g/mol. The second-order valence-electron chi connectivity index (χ2n) is 5.28. The summed E-state index contributed by atoms with van der Waals surface area (Å²) in [4.78, 5) is 12.1. The Morgan fingerprint density at radius 2 is 1.88 bits per heavy atom. The maximum atomic E-state index is 12.1. The van der Waals surface area contributed by atoms with Crippen LogP contribution in [0.3, 0.4) is 0 Å². The predicted octanol–water partition coefficient (Wildman–Crippen LogP) is 4.81. The van der Waals surface area contributed by atoms with Crippen molar-refractivity contribution < 1.29 is 4.79 Å². The fourth-order valence-electron chi connectivity index (χ4n) is 2.16. The first kappa shape index (κ1) is 17.9. The van der Waals surface area contributed by atoms with Crippen molar-refractivity contribution in [2.24, 2.45) is 5.10 Å². The highest BCUT2D eigenvalue weighted by atomic mass is 35.5. The Morgan fingerprint density at radius 1 is 1.08 bits per heavy atom. The van der Waals surface area contributed by atoms with E-state index in [-0.39, 0.29) is 5.69 Å².